The Morgan fingerprint density at radius 2 is 1.75 bits per heavy atom. The van der Waals surface area contributed by atoms with Crippen LogP contribution in [0.2, 0.25) is 0 Å². The second-order valence-electron chi connectivity index (χ2n) is 4.99. The van der Waals surface area contributed by atoms with Crippen LogP contribution in [-0.2, 0) is 6.42 Å². The number of fused-ring (bicyclic) bond motifs is 1. The van der Waals surface area contributed by atoms with Crippen molar-refractivity contribution in [3.63, 3.8) is 0 Å². The molecule has 0 radical (unpaired) electrons. The second kappa shape index (κ2) is 5.97. The summed E-state index contributed by atoms with van der Waals surface area (Å²) in [5.41, 5.74) is 9.43. The summed E-state index contributed by atoms with van der Waals surface area (Å²) in [6, 6.07) is 16.8. The SMILES string of the molecule is NCCc1ccccc1N1CCCOc2ccccc21. The van der Waals surface area contributed by atoms with Crippen LogP contribution in [0.5, 0.6) is 5.75 Å². The first-order chi connectivity index (χ1) is 9.90. The van der Waals surface area contributed by atoms with Crippen LogP contribution in [0, 0.1) is 0 Å². The topological polar surface area (TPSA) is 38.5 Å². The van der Waals surface area contributed by atoms with Gasteiger partial charge in [-0.3, -0.25) is 0 Å². The monoisotopic (exact) mass is 268 g/mol. The highest BCUT2D eigenvalue weighted by Crippen LogP contribution is 2.37. The van der Waals surface area contributed by atoms with E-state index in [1.54, 1.807) is 0 Å². The van der Waals surface area contributed by atoms with Crippen molar-refractivity contribution in [2.45, 2.75) is 12.8 Å². The smallest absolute Gasteiger partial charge is 0.142 e. The minimum absolute atomic E-state index is 0.670. The summed E-state index contributed by atoms with van der Waals surface area (Å²) in [7, 11) is 0. The van der Waals surface area contributed by atoms with E-state index in [0.717, 1.165) is 37.4 Å². The Bertz CT molecular complexity index is 583. The molecule has 3 nitrogen and oxygen atoms in total. The summed E-state index contributed by atoms with van der Waals surface area (Å²) in [5.74, 6) is 0.965. The largest absolute Gasteiger partial charge is 0.491 e. The van der Waals surface area contributed by atoms with Gasteiger partial charge in [-0.2, -0.15) is 0 Å². The van der Waals surface area contributed by atoms with Gasteiger partial charge in [0.2, 0.25) is 0 Å². The predicted octanol–water partition coefficient (Wildman–Crippen LogP) is 3.11. The number of hydrogen-bond acceptors (Lipinski definition) is 3. The molecule has 0 bridgehead atoms. The van der Waals surface area contributed by atoms with Gasteiger partial charge in [0, 0.05) is 12.2 Å². The summed E-state index contributed by atoms with van der Waals surface area (Å²) in [4.78, 5) is 2.35. The molecule has 0 saturated carbocycles. The molecular weight excluding hydrogens is 248 g/mol. The Morgan fingerprint density at radius 1 is 1.00 bits per heavy atom. The van der Waals surface area contributed by atoms with Crippen LogP contribution >= 0.6 is 0 Å². The minimum Gasteiger partial charge on any atom is -0.491 e. The third-order valence-corrected chi connectivity index (χ3v) is 3.64. The average molecular weight is 268 g/mol. The van der Waals surface area contributed by atoms with Crippen LogP contribution in [0.1, 0.15) is 12.0 Å². The number of hydrogen-bond donors (Lipinski definition) is 1. The first-order valence-corrected chi connectivity index (χ1v) is 7.17. The Kier molecular flexibility index (Phi) is 3.88. The van der Waals surface area contributed by atoms with E-state index in [-0.39, 0.29) is 0 Å². The molecule has 3 rings (SSSR count). The molecule has 0 spiro atoms. The summed E-state index contributed by atoms with van der Waals surface area (Å²) in [5, 5.41) is 0. The van der Waals surface area contributed by atoms with Crippen molar-refractivity contribution in [2.75, 3.05) is 24.6 Å². The summed E-state index contributed by atoms with van der Waals surface area (Å²) in [6.45, 7) is 2.41. The van der Waals surface area contributed by atoms with E-state index >= 15 is 0 Å². The zero-order chi connectivity index (χ0) is 13.8. The number of ether oxygens (including phenoxy) is 1. The van der Waals surface area contributed by atoms with Gasteiger partial charge in [0.25, 0.3) is 0 Å². The fourth-order valence-corrected chi connectivity index (χ4v) is 2.72. The first kappa shape index (κ1) is 13.0. The van der Waals surface area contributed by atoms with Crippen LogP contribution in [0.4, 0.5) is 11.4 Å². The quantitative estimate of drug-likeness (QED) is 0.929. The predicted molar refractivity (Wildman–Crippen MR) is 82.8 cm³/mol. The number of para-hydroxylation sites is 3. The molecule has 1 aliphatic rings. The summed E-state index contributed by atoms with van der Waals surface area (Å²) < 4.78 is 5.83. The van der Waals surface area contributed by atoms with E-state index in [9.17, 15) is 0 Å². The second-order valence-corrected chi connectivity index (χ2v) is 4.99. The Balaban J connectivity index is 2.05. The molecule has 1 heterocycles. The molecule has 0 atom stereocenters. The lowest BCUT2D eigenvalue weighted by Crippen LogP contribution is -2.20. The lowest BCUT2D eigenvalue weighted by atomic mass is 10.1. The molecule has 2 aromatic rings. The molecule has 1 aliphatic heterocycles. The van der Waals surface area contributed by atoms with E-state index in [1.807, 2.05) is 12.1 Å². The normalized spacial score (nSPS) is 14.3. The van der Waals surface area contributed by atoms with Crippen LogP contribution in [0.15, 0.2) is 48.5 Å². The molecule has 104 valence electrons. The third-order valence-electron chi connectivity index (χ3n) is 3.64. The maximum Gasteiger partial charge on any atom is 0.142 e. The van der Waals surface area contributed by atoms with E-state index < -0.39 is 0 Å². The van der Waals surface area contributed by atoms with Gasteiger partial charge in [-0.05, 0) is 43.1 Å². The molecule has 0 amide bonds. The average Bonchev–Trinajstić information content (AvgIpc) is 2.71. The molecule has 20 heavy (non-hydrogen) atoms. The number of nitrogens with zero attached hydrogens (tertiary/aromatic N) is 1. The van der Waals surface area contributed by atoms with E-state index in [4.69, 9.17) is 10.5 Å². The highest BCUT2D eigenvalue weighted by atomic mass is 16.5. The van der Waals surface area contributed by atoms with Gasteiger partial charge in [0.15, 0.2) is 0 Å². The van der Waals surface area contributed by atoms with Crippen molar-refractivity contribution in [1.29, 1.82) is 0 Å². The fraction of sp³-hybridized carbons (Fsp3) is 0.294. The number of rotatable bonds is 3. The maximum absolute atomic E-state index is 5.83. The molecule has 0 aromatic heterocycles. The molecule has 2 aromatic carbocycles. The van der Waals surface area contributed by atoms with Gasteiger partial charge in [-0.1, -0.05) is 30.3 Å². The summed E-state index contributed by atoms with van der Waals surface area (Å²) >= 11 is 0. The van der Waals surface area contributed by atoms with Crippen molar-refractivity contribution < 1.29 is 4.74 Å². The zero-order valence-electron chi connectivity index (χ0n) is 11.6. The van der Waals surface area contributed by atoms with Gasteiger partial charge >= 0.3 is 0 Å². The van der Waals surface area contributed by atoms with Gasteiger partial charge < -0.3 is 15.4 Å². The van der Waals surface area contributed by atoms with Gasteiger partial charge in [0.1, 0.15) is 5.75 Å². The van der Waals surface area contributed by atoms with Gasteiger partial charge in [0.05, 0.1) is 12.3 Å². The molecule has 3 heteroatoms. The fourth-order valence-electron chi connectivity index (χ4n) is 2.72. The Labute approximate surface area is 120 Å². The van der Waals surface area contributed by atoms with Gasteiger partial charge in [-0.15, -0.1) is 0 Å². The minimum atomic E-state index is 0.670. The van der Waals surface area contributed by atoms with Crippen molar-refractivity contribution in [1.82, 2.24) is 0 Å². The van der Waals surface area contributed by atoms with Crippen LogP contribution in [0.3, 0.4) is 0 Å². The number of nitrogens with two attached hydrogens (primary N) is 1. The highest BCUT2D eigenvalue weighted by Gasteiger charge is 2.19. The Morgan fingerprint density at radius 3 is 2.60 bits per heavy atom. The molecule has 0 aliphatic carbocycles. The van der Waals surface area contributed by atoms with E-state index in [2.05, 4.69) is 41.3 Å². The van der Waals surface area contributed by atoms with Crippen molar-refractivity contribution >= 4 is 11.4 Å². The standard InChI is InChI=1S/C17H20N2O/c18-11-10-14-6-1-2-7-15(14)19-12-5-13-20-17-9-4-3-8-16(17)19/h1-4,6-9H,5,10-13,18H2. The van der Waals surface area contributed by atoms with Crippen LogP contribution in [0.25, 0.3) is 0 Å². The first-order valence-electron chi connectivity index (χ1n) is 7.17. The lowest BCUT2D eigenvalue weighted by molar-refractivity contribution is 0.322. The van der Waals surface area contributed by atoms with Crippen LogP contribution in [-0.4, -0.2) is 19.7 Å². The lowest BCUT2D eigenvalue weighted by Gasteiger charge is -2.26. The highest BCUT2D eigenvalue weighted by molar-refractivity contribution is 5.71. The Hall–Kier alpha value is -2.00. The number of benzene rings is 2. The van der Waals surface area contributed by atoms with Gasteiger partial charge in [-0.25, -0.2) is 0 Å². The molecule has 0 fully saturated rings. The molecular formula is C17H20N2O. The van der Waals surface area contributed by atoms with Crippen molar-refractivity contribution in [3.8, 4) is 5.75 Å². The van der Waals surface area contributed by atoms with Crippen molar-refractivity contribution in [3.05, 3.63) is 54.1 Å². The zero-order valence-corrected chi connectivity index (χ0v) is 11.6. The summed E-state index contributed by atoms with van der Waals surface area (Å²) in [6.07, 6.45) is 1.92. The third kappa shape index (κ3) is 2.49. The molecule has 2 N–H and O–H groups in total. The molecule has 0 saturated heterocycles. The number of anilines is 2. The maximum atomic E-state index is 5.83. The van der Waals surface area contributed by atoms with Crippen molar-refractivity contribution in [2.24, 2.45) is 5.73 Å². The van der Waals surface area contributed by atoms with Crippen LogP contribution < -0.4 is 15.4 Å². The van der Waals surface area contributed by atoms with E-state index in [0.29, 0.717) is 6.54 Å². The molecule has 0 unspecified atom stereocenters. The van der Waals surface area contributed by atoms with E-state index in [1.165, 1.54) is 11.3 Å².